The Bertz CT molecular complexity index is 696. The fourth-order valence-corrected chi connectivity index (χ4v) is 3.25. The van der Waals surface area contributed by atoms with Gasteiger partial charge in [-0.05, 0) is 48.6 Å². The molecule has 0 radical (unpaired) electrons. The summed E-state index contributed by atoms with van der Waals surface area (Å²) in [7, 11) is -0.358. The number of aromatic hydroxyl groups is 1. The molecule has 0 saturated heterocycles. The highest BCUT2D eigenvalue weighted by molar-refractivity contribution is 7.86. The Hall–Kier alpha value is -1.91. The van der Waals surface area contributed by atoms with Crippen LogP contribution >= 0.6 is 0 Å². The first kappa shape index (κ1) is 15.5. The van der Waals surface area contributed by atoms with E-state index in [4.69, 9.17) is 5.21 Å². The van der Waals surface area contributed by atoms with Gasteiger partial charge in [-0.3, -0.25) is 0 Å². The first-order chi connectivity index (χ1) is 10.1. The summed E-state index contributed by atoms with van der Waals surface area (Å²) in [4.78, 5) is 1.03. The standard InChI is InChI=1S/C16H18N2O2S/c1-12-6-9-15(19)10-16(12)21(2)18-14-5-3-4-13(7-8-14)11-17-20/h4-10,17,19-20H,11H2,1-2H3. The maximum Gasteiger partial charge on any atom is 0.116 e. The number of nitrogens with zero attached hydrogens (tertiary/aromatic N) is 1. The molecule has 5 heteroatoms. The second kappa shape index (κ2) is 7.20. The third kappa shape index (κ3) is 4.28. The number of phenols is 1. The Morgan fingerprint density at radius 2 is 2.10 bits per heavy atom. The largest absolute Gasteiger partial charge is 0.508 e. The minimum absolute atomic E-state index is 0.256. The molecule has 0 aromatic heterocycles. The van der Waals surface area contributed by atoms with Gasteiger partial charge in [-0.25, -0.2) is 9.84 Å². The second-order valence-electron chi connectivity index (χ2n) is 4.64. The van der Waals surface area contributed by atoms with Crippen LogP contribution in [0.3, 0.4) is 0 Å². The lowest BCUT2D eigenvalue weighted by Gasteiger charge is -2.07. The molecule has 4 nitrogen and oxygen atoms in total. The van der Waals surface area contributed by atoms with Crippen molar-refractivity contribution in [3.05, 3.63) is 65.1 Å². The van der Waals surface area contributed by atoms with Crippen LogP contribution in [0.2, 0.25) is 0 Å². The van der Waals surface area contributed by atoms with E-state index in [-0.39, 0.29) is 16.4 Å². The zero-order chi connectivity index (χ0) is 15.2. The number of nitrogens with one attached hydrogen (secondary N) is 1. The molecule has 21 heavy (non-hydrogen) atoms. The van der Waals surface area contributed by atoms with Crippen LogP contribution in [-0.4, -0.2) is 23.1 Å². The predicted octanol–water partition coefficient (Wildman–Crippen LogP) is 3.01. The minimum Gasteiger partial charge on any atom is -0.508 e. The summed E-state index contributed by atoms with van der Waals surface area (Å²) in [5, 5.41) is 18.3. The van der Waals surface area contributed by atoms with E-state index < -0.39 is 0 Å². The molecule has 0 heterocycles. The summed E-state index contributed by atoms with van der Waals surface area (Å²) >= 11 is 0. The number of benzene rings is 1. The normalized spacial score (nSPS) is 15.6. The lowest BCUT2D eigenvalue weighted by Crippen LogP contribution is -2.09. The van der Waals surface area contributed by atoms with Crippen molar-refractivity contribution >= 4 is 10.7 Å². The average molecular weight is 302 g/mol. The van der Waals surface area contributed by atoms with Crippen molar-refractivity contribution < 1.29 is 10.3 Å². The molecule has 3 N–H and O–H groups in total. The fraction of sp³-hybridized carbons (Fsp3) is 0.188. The van der Waals surface area contributed by atoms with E-state index in [9.17, 15) is 5.11 Å². The van der Waals surface area contributed by atoms with Gasteiger partial charge in [-0.2, -0.15) is 0 Å². The quantitative estimate of drug-likeness (QED) is 0.592. The van der Waals surface area contributed by atoms with Crippen LogP contribution in [0.1, 0.15) is 5.56 Å². The van der Waals surface area contributed by atoms with E-state index in [0.717, 1.165) is 21.7 Å². The molecule has 1 aliphatic carbocycles. The van der Waals surface area contributed by atoms with Gasteiger partial charge in [0.05, 0.1) is 5.70 Å². The van der Waals surface area contributed by atoms with Crippen molar-refractivity contribution in [1.29, 1.82) is 0 Å². The van der Waals surface area contributed by atoms with E-state index in [2.05, 4.69) is 15.6 Å². The van der Waals surface area contributed by atoms with Crippen LogP contribution in [0.15, 0.2) is 68.8 Å². The Morgan fingerprint density at radius 1 is 1.29 bits per heavy atom. The first-order valence-corrected chi connectivity index (χ1v) is 8.07. The third-order valence-corrected chi connectivity index (χ3v) is 4.54. The molecule has 0 bridgehead atoms. The molecule has 1 unspecified atom stereocenters. The summed E-state index contributed by atoms with van der Waals surface area (Å²) < 4.78 is 4.67. The number of allylic oxidation sites excluding steroid dienone is 3. The highest BCUT2D eigenvalue weighted by atomic mass is 32.2. The number of hydroxylamine groups is 1. The van der Waals surface area contributed by atoms with Gasteiger partial charge in [0.2, 0.25) is 0 Å². The van der Waals surface area contributed by atoms with Gasteiger partial charge in [0, 0.05) is 17.5 Å². The molecule has 0 saturated carbocycles. The van der Waals surface area contributed by atoms with Crippen LogP contribution in [0.25, 0.3) is 0 Å². The molecule has 1 atom stereocenters. The number of aryl methyl sites for hydroxylation is 1. The topological polar surface area (TPSA) is 64.9 Å². The van der Waals surface area contributed by atoms with Gasteiger partial charge in [0.15, 0.2) is 0 Å². The maximum absolute atomic E-state index is 9.61. The maximum atomic E-state index is 9.61. The summed E-state index contributed by atoms with van der Waals surface area (Å²) in [6, 6.07) is 5.34. The molecule has 0 spiro atoms. The van der Waals surface area contributed by atoms with Gasteiger partial charge < -0.3 is 10.3 Å². The zero-order valence-corrected chi connectivity index (χ0v) is 12.8. The molecule has 110 valence electrons. The zero-order valence-electron chi connectivity index (χ0n) is 12.0. The van der Waals surface area contributed by atoms with Crippen molar-refractivity contribution in [2.45, 2.75) is 11.8 Å². The van der Waals surface area contributed by atoms with Crippen LogP contribution in [0.4, 0.5) is 0 Å². The minimum atomic E-state index is -0.358. The Kier molecular flexibility index (Phi) is 5.31. The van der Waals surface area contributed by atoms with Crippen molar-refractivity contribution in [3.8, 4) is 5.75 Å². The Balaban J connectivity index is 2.31. The number of rotatable bonds is 4. The number of phenolic OH excluding ortho intramolecular Hbond substituents is 1. The highest BCUT2D eigenvalue weighted by Gasteiger charge is 2.03. The van der Waals surface area contributed by atoms with Crippen LogP contribution in [0, 0.1) is 6.92 Å². The van der Waals surface area contributed by atoms with Gasteiger partial charge in [0.25, 0.3) is 0 Å². The molecule has 2 rings (SSSR count). The SMILES string of the molecule is Cc1ccc(O)cc1S(C)=NC1=CC=C(CNO)C=C=C1. The molecule has 0 aliphatic heterocycles. The molecule has 0 amide bonds. The van der Waals surface area contributed by atoms with Crippen molar-refractivity contribution in [1.82, 2.24) is 5.48 Å². The Morgan fingerprint density at radius 3 is 2.86 bits per heavy atom. The van der Waals surface area contributed by atoms with Crippen molar-refractivity contribution in [3.63, 3.8) is 0 Å². The summed E-state index contributed by atoms with van der Waals surface area (Å²) in [6.45, 7) is 2.38. The molecule has 1 aromatic carbocycles. The highest BCUT2D eigenvalue weighted by Crippen LogP contribution is 2.21. The molecule has 1 aliphatic rings. The smallest absolute Gasteiger partial charge is 0.116 e. The van der Waals surface area contributed by atoms with E-state index in [0.29, 0.717) is 6.54 Å². The number of hydrogen-bond acceptors (Lipinski definition) is 4. The Labute approximate surface area is 126 Å². The van der Waals surface area contributed by atoms with E-state index >= 15 is 0 Å². The monoisotopic (exact) mass is 302 g/mol. The summed E-state index contributed by atoms with van der Waals surface area (Å²) in [6.07, 6.45) is 9.42. The van der Waals surface area contributed by atoms with Gasteiger partial charge >= 0.3 is 0 Å². The van der Waals surface area contributed by atoms with Crippen molar-refractivity contribution in [2.24, 2.45) is 4.36 Å². The van der Waals surface area contributed by atoms with Crippen LogP contribution in [-0.2, 0) is 10.7 Å². The number of hydrogen-bond donors (Lipinski definition) is 3. The van der Waals surface area contributed by atoms with Gasteiger partial charge in [0.1, 0.15) is 5.75 Å². The third-order valence-electron chi connectivity index (χ3n) is 2.98. The second-order valence-corrected chi connectivity index (χ2v) is 6.22. The lowest BCUT2D eigenvalue weighted by molar-refractivity contribution is 0.178. The lowest BCUT2D eigenvalue weighted by atomic mass is 10.2. The van der Waals surface area contributed by atoms with E-state index in [1.165, 1.54) is 0 Å². The van der Waals surface area contributed by atoms with Crippen LogP contribution < -0.4 is 5.48 Å². The molecular weight excluding hydrogens is 284 g/mol. The van der Waals surface area contributed by atoms with Gasteiger partial charge in [-0.1, -0.05) is 22.8 Å². The van der Waals surface area contributed by atoms with Gasteiger partial charge in [-0.15, -0.1) is 5.73 Å². The fourth-order valence-electron chi connectivity index (χ4n) is 1.90. The van der Waals surface area contributed by atoms with Crippen LogP contribution in [0.5, 0.6) is 5.75 Å². The predicted molar refractivity (Wildman–Crippen MR) is 85.4 cm³/mol. The van der Waals surface area contributed by atoms with E-state index in [1.54, 1.807) is 18.2 Å². The summed E-state index contributed by atoms with van der Waals surface area (Å²) in [5.41, 5.74) is 8.00. The van der Waals surface area contributed by atoms with E-state index in [1.807, 2.05) is 37.5 Å². The first-order valence-electron chi connectivity index (χ1n) is 6.48. The van der Waals surface area contributed by atoms with Crippen molar-refractivity contribution in [2.75, 3.05) is 12.8 Å². The average Bonchev–Trinajstić information content (AvgIpc) is 2.67. The molecule has 1 aromatic rings. The molecular formula is C16H18N2O2S. The summed E-state index contributed by atoms with van der Waals surface area (Å²) in [5.74, 6) is 0.256. The molecule has 0 fully saturated rings.